The first-order valence-electron chi connectivity index (χ1n) is 12.7. The first kappa shape index (κ1) is 24.1. The van der Waals surface area contributed by atoms with Crippen molar-refractivity contribution < 1.29 is 18.8 Å². The predicted octanol–water partition coefficient (Wildman–Crippen LogP) is 3.45. The molecule has 3 N–H and O–H groups in total. The number of rotatable bonds is 4. The van der Waals surface area contributed by atoms with Crippen molar-refractivity contribution in [2.75, 3.05) is 13.1 Å². The Morgan fingerprint density at radius 2 is 1.74 bits per heavy atom. The fourth-order valence-corrected chi connectivity index (χ4v) is 5.62. The molecule has 2 aromatic carbocycles. The lowest BCUT2D eigenvalue weighted by atomic mass is 9.85. The third kappa shape index (κ3) is 4.09. The Balaban J connectivity index is 1.17. The third-order valence-corrected chi connectivity index (χ3v) is 7.59. The number of hydrogen-bond acceptors (Lipinski definition) is 4. The number of nitrogens with one attached hydrogen (secondary N) is 3. The maximum absolute atomic E-state index is 13.8. The highest BCUT2D eigenvalue weighted by Crippen LogP contribution is 2.34. The molecule has 6 rings (SSSR count). The van der Waals surface area contributed by atoms with Crippen LogP contribution in [0.1, 0.15) is 48.3 Å². The lowest BCUT2D eigenvalue weighted by molar-refractivity contribution is -0.138. The number of benzene rings is 2. The van der Waals surface area contributed by atoms with Crippen molar-refractivity contribution in [2.24, 2.45) is 5.41 Å². The Hall–Kier alpha value is -4.21. The summed E-state index contributed by atoms with van der Waals surface area (Å²) >= 11 is 0. The number of hydrogen-bond donors (Lipinski definition) is 3. The number of fused-ring (bicyclic) bond motifs is 4. The van der Waals surface area contributed by atoms with E-state index in [4.69, 9.17) is 0 Å². The number of para-hydroxylation sites is 2. The molecular weight excluding hydrogens is 487 g/mol. The van der Waals surface area contributed by atoms with Gasteiger partial charge < -0.3 is 25.1 Å². The van der Waals surface area contributed by atoms with Gasteiger partial charge in [-0.05, 0) is 48.2 Å². The molecule has 196 valence electrons. The summed E-state index contributed by atoms with van der Waals surface area (Å²) in [5.74, 6) is -0.855. The summed E-state index contributed by atoms with van der Waals surface area (Å²) in [6.07, 6.45) is 0.691. The molecule has 0 aliphatic carbocycles. The van der Waals surface area contributed by atoms with Gasteiger partial charge in [-0.15, -0.1) is 0 Å². The number of piperazine rings is 1. The average molecular weight is 517 g/mol. The number of nitrogens with zero attached hydrogens (tertiary/aromatic N) is 3. The second-order valence-corrected chi connectivity index (χ2v) is 11.3. The molecule has 0 radical (unpaired) electrons. The maximum atomic E-state index is 13.8. The van der Waals surface area contributed by atoms with Crippen molar-refractivity contribution in [1.82, 2.24) is 30.1 Å². The van der Waals surface area contributed by atoms with E-state index < -0.39 is 17.4 Å². The highest BCUT2D eigenvalue weighted by atomic mass is 19.1. The van der Waals surface area contributed by atoms with E-state index in [9.17, 15) is 18.8 Å². The topological polar surface area (TPSA) is 114 Å². The van der Waals surface area contributed by atoms with Crippen LogP contribution in [0.4, 0.5) is 4.39 Å². The fourth-order valence-electron chi connectivity index (χ4n) is 5.62. The van der Waals surface area contributed by atoms with Gasteiger partial charge in [0.1, 0.15) is 17.6 Å². The van der Waals surface area contributed by atoms with Crippen LogP contribution in [0.3, 0.4) is 0 Å². The van der Waals surface area contributed by atoms with E-state index >= 15 is 0 Å². The van der Waals surface area contributed by atoms with Gasteiger partial charge >= 0.3 is 0 Å². The number of amides is 3. The Bertz CT molecular complexity index is 1550. The van der Waals surface area contributed by atoms with E-state index in [0.717, 1.165) is 11.0 Å². The molecule has 4 heterocycles. The largest absolute Gasteiger partial charge is 0.351 e. The van der Waals surface area contributed by atoms with Crippen LogP contribution in [0, 0.1) is 11.2 Å². The number of likely N-dealkylation sites (tertiary alicyclic amines) is 2. The molecule has 10 heteroatoms. The lowest BCUT2D eigenvalue weighted by Gasteiger charge is -2.39. The smallest absolute Gasteiger partial charge is 0.290 e. The molecule has 2 bridgehead atoms. The van der Waals surface area contributed by atoms with Crippen LogP contribution in [0.15, 0.2) is 48.5 Å². The number of imidazole rings is 1. The van der Waals surface area contributed by atoms with Crippen LogP contribution in [0.2, 0.25) is 0 Å². The van der Waals surface area contributed by atoms with Gasteiger partial charge in [0.15, 0.2) is 5.82 Å². The Morgan fingerprint density at radius 1 is 1.00 bits per heavy atom. The van der Waals surface area contributed by atoms with Crippen molar-refractivity contribution in [3.63, 3.8) is 0 Å². The highest BCUT2D eigenvalue weighted by Gasteiger charge is 2.50. The Morgan fingerprint density at radius 3 is 2.45 bits per heavy atom. The monoisotopic (exact) mass is 516 g/mol. The number of H-pyrrole nitrogens is 2. The molecule has 2 aliphatic heterocycles. The molecule has 3 amide bonds. The Labute approximate surface area is 218 Å². The van der Waals surface area contributed by atoms with E-state index in [1.54, 1.807) is 21.9 Å². The van der Waals surface area contributed by atoms with E-state index in [1.165, 1.54) is 12.1 Å². The molecule has 0 spiro atoms. The number of aromatic nitrogens is 3. The zero-order chi connectivity index (χ0) is 26.8. The van der Waals surface area contributed by atoms with Crippen LogP contribution in [0.25, 0.3) is 21.9 Å². The van der Waals surface area contributed by atoms with E-state index in [1.807, 2.05) is 45.0 Å². The summed E-state index contributed by atoms with van der Waals surface area (Å²) in [4.78, 5) is 54.2. The molecule has 2 aliphatic rings. The van der Waals surface area contributed by atoms with Gasteiger partial charge in [0, 0.05) is 24.0 Å². The molecule has 9 nitrogen and oxygen atoms in total. The lowest BCUT2D eigenvalue weighted by Crippen LogP contribution is -2.59. The SMILES string of the molecule is CC(C)(C)[C@H](NC(=O)c1cc2cc(F)ccc2[nH]1)C(=O)N1C[C@@H]2C[C@H]1CN2C(=O)c1nc2ccccc2[nH]1. The number of carbonyl (C=O) groups excluding carboxylic acids is 3. The summed E-state index contributed by atoms with van der Waals surface area (Å²) in [5, 5.41) is 3.49. The first-order chi connectivity index (χ1) is 18.1. The van der Waals surface area contributed by atoms with Gasteiger partial charge in [-0.2, -0.15) is 0 Å². The molecule has 38 heavy (non-hydrogen) atoms. The minimum Gasteiger partial charge on any atom is -0.351 e. The zero-order valence-corrected chi connectivity index (χ0v) is 21.4. The molecule has 0 saturated carbocycles. The molecule has 3 atom stereocenters. The van der Waals surface area contributed by atoms with Gasteiger partial charge in [0.05, 0.1) is 23.1 Å². The van der Waals surface area contributed by atoms with Gasteiger partial charge in [0.25, 0.3) is 11.8 Å². The standard InChI is InChI=1S/C28H29FN6O3/c1-28(2,3)23(33-25(36)22-11-15-10-16(29)8-9-19(15)30-22)26(37)34-13-18-12-17(34)14-35(18)27(38)24-31-20-6-4-5-7-21(20)32-24/h4-11,17-18,23,30H,12-14H2,1-3H3,(H,31,32)(H,33,36)/t17-,18-,23+/m0/s1. The summed E-state index contributed by atoms with van der Waals surface area (Å²) in [6, 6.07) is 12.3. The van der Waals surface area contributed by atoms with Gasteiger partial charge in [-0.25, -0.2) is 9.37 Å². The van der Waals surface area contributed by atoms with Crippen molar-refractivity contribution in [2.45, 2.75) is 45.3 Å². The molecule has 4 aromatic rings. The van der Waals surface area contributed by atoms with Crippen LogP contribution < -0.4 is 5.32 Å². The zero-order valence-electron chi connectivity index (χ0n) is 21.4. The number of aromatic amines is 2. The van der Waals surface area contributed by atoms with Crippen molar-refractivity contribution >= 4 is 39.7 Å². The van der Waals surface area contributed by atoms with E-state index in [2.05, 4.69) is 20.3 Å². The van der Waals surface area contributed by atoms with E-state index in [-0.39, 0.29) is 35.4 Å². The van der Waals surface area contributed by atoms with Crippen LogP contribution in [0.5, 0.6) is 0 Å². The fraction of sp³-hybridized carbons (Fsp3) is 0.357. The highest BCUT2D eigenvalue weighted by molar-refractivity contribution is 6.00. The minimum atomic E-state index is -0.781. The van der Waals surface area contributed by atoms with Crippen molar-refractivity contribution in [1.29, 1.82) is 0 Å². The van der Waals surface area contributed by atoms with Crippen molar-refractivity contribution in [3.8, 4) is 0 Å². The third-order valence-electron chi connectivity index (χ3n) is 7.59. The van der Waals surface area contributed by atoms with Crippen molar-refractivity contribution in [3.05, 3.63) is 65.9 Å². The Kier molecular flexibility index (Phi) is 5.51. The molecular formula is C28H29FN6O3. The number of carbonyl (C=O) groups is 3. The average Bonchev–Trinajstić information content (AvgIpc) is 3.66. The molecule has 2 saturated heterocycles. The molecule has 0 unspecified atom stereocenters. The summed E-state index contributed by atoms with van der Waals surface area (Å²) in [5.41, 5.74) is 1.89. The number of halogens is 1. The quantitative estimate of drug-likeness (QED) is 0.386. The van der Waals surface area contributed by atoms with Gasteiger partial charge in [0.2, 0.25) is 5.91 Å². The molecule has 2 fully saturated rings. The summed E-state index contributed by atoms with van der Waals surface area (Å²) < 4.78 is 13.6. The van der Waals surface area contributed by atoms with Crippen LogP contribution in [-0.4, -0.2) is 73.7 Å². The predicted molar refractivity (Wildman–Crippen MR) is 140 cm³/mol. The summed E-state index contributed by atoms with van der Waals surface area (Å²) in [7, 11) is 0. The first-order valence-corrected chi connectivity index (χ1v) is 12.7. The molecule has 2 aromatic heterocycles. The summed E-state index contributed by atoms with van der Waals surface area (Å²) in [6.45, 7) is 6.54. The normalized spacial score (nSPS) is 19.9. The second kappa shape index (κ2) is 8.68. The van der Waals surface area contributed by atoms with Gasteiger partial charge in [-0.3, -0.25) is 14.4 Å². The minimum absolute atomic E-state index is 0.107. The van der Waals surface area contributed by atoms with Crippen LogP contribution >= 0.6 is 0 Å². The van der Waals surface area contributed by atoms with Crippen LogP contribution in [-0.2, 0) is 4.79 Å². The maximum Gasteiger partial charge on any atom is 0.290 e. The van der Waals surface area contributed by atoms with E-state index in [0.29, 0.717) is 36.2 Å². The van der Waals surface area contributed by atoms with Gasteiger partial charge in [-0.1, -0.05) is 32.9 Å². The second-order valence-electron chi connectivity index (χ2n) is 11.3.